The fourth-order valence-corrected chi connectivity index (χ4v) is 2.02. The third kappa shape index (κ3) is 2.92. The molecule has 0 bridgehead atoms. The smallest absolute Gasteiger partial charge is 0.247 e. The second-order valence-electron chi connectivity index (χ2n) is 4.51. The molecule has 21 heavy (non-hydrogen) atoms. The van der Waals surface area contributed by atoms with Crippen molar-refractivity contribution in [1.29, 1.82) is 0 Å². The van der Waals surface area contributed by atoms with E-state index in [1.807, 2.05) is 48.7 Å². The van der Waals surface area contributed by atoms with Gasteiger partial charge in [-0.25, -0.2) is 4.98 Å². The average molecular weight is 278 g/mol. The number of carbonyl (C=O) groups excluding carboxylic acids is 1. The summed E-state index contributed by atoms with van der Waals surface area (Å²) in [7, 11) is 0. The van der Waals surface area contributed by atoms with Crippen molar-refractivity contribution in [3.63, 3.8) is 0 Å². The van der Waals surface area contributed by atoms with Gasteiger partial charge in [0.1, 0.15) is 11.5 Å². The summed E-state index contributed by atoms with van der Waals surface area (Å²) in [4.78, 5) is 18.8. The molecule has 2 heterocycles. The van der Waals surface area contributed by atoms with Gasteiger partial charge in [0.15, 0.2) is 0 Å². The summed E-state index contributed by atoms with van der Waals surface area (Å²) < 4.78 is 0. The number of pyridine rings is 1. The van der Waals surface area contributed by atoms with Crippen molar-refractivity contribution in [1.82, 2.24) is 9.97 Å². The highest BCUT2D eigenvalue weighted by atomic mass is 16.1. The van der Waals surface area contributed by atoms with Gasteiger partial charge in [-0.2, -0.15) is 0 Å². The van der Waals surface area contributed by atoms with Crippen molar-refractivity contribution in [2.24, 2.45) is 0 Å². The van der Waals surface area contributed by atoms with Gasteiger partial charge in [0.25, 0.3) is 0 Å². The summed E-state index contributed by atoms with van der Waals surface area (Å²) in [6.45, 7) is 3.43. The van der Waals surface area contributed by atoms with Crippen LogP contribution in [0, 0.1) is 0 Å². The molecule has 3 aromatic rings. The number of aromatic amines is 1. The maximum Gasteiger partial charge on any atom is 0.247 e. The molecule has 3 N–H and O–H groups in total. The van der Waals surface area contributed by atoms with Crippen LogP contribution in [0.3, 0.4) is 0 Å². The number of carbonyl (C=O) groups is 1. The number of aromatic nitrogens is 2. The van der Waals surface area contributed by atoms with E-state index in [1.165, 1.54) is 6.08 Å². The highest BCUT2D eigenvalue weighted by Gasteiger charge is 2.02. The van der Waals surface area contributed by atoms with Gasteiger partial charge < -0.3 is 15.6 Å². The lowest BCUT2D eigenvalue weighted by Gasteiger charge is -2.08. The van der Waals surface area contributed by atoms with Gasteiger partial charge in [0, 0.05) is 23.0 Å². The lowest BCUT2D eigenvalue weighted by Crippen LogP contribution is -2.07. The summed E-state index contributed by atoms with van der Waals surface area (Å²) >= 11 is 0. The molecule has 5 heteroatoms. The maximum atomic E-state index is 11.3. The van der Waals surface area contributed by atoms with Crippen LogP contribution in [0.5, 0.6) is 0 Å². The van der Waals surface area contributed by atoms with Gasteiger partial charge in [0.2, 0.25) is 5.91 Å². The second-order valence-corrected chi connectivity index (χ2v) is 4.51. The highest BCUT2D eigenvalue weighted by molar-refractivity contribution is 5.99. The van der Waals surface area contributed by atoms with E-state index >= 15 is 0 Å². The predicted octanol–water partition coefficient (Wildman–Crippen LogP) is 3.43. The summed E-state index contributed by atoms with van der Waals surface area (Å²) in [6, 6.07) is 13.3. The Morgan fingerprint density at radius 2 is 2.05 bits per heavy atom. The van der Waals surface area contributed by atoms with Gasteiger partial charge in [-0.05, 0) is 42.5 Å². The van der Waals surface area contributed by atoms with Crippen LogP contribution in [0.4, 0.5) is 17.2 Å². The molecule has 0 fully saturated rings. The minimum atomic E-state index is -0.238. The Morgan fingerprint density at radius 3 is 2.90 bits per heavy atom. The topological polar surface area (TPSA) is 69.8 Å². The van der Waals surface area contributed by atoms with Crippen LogP contribution in [-0.2, 0) is 4.79 Å². The first-order chi connectivity index (χ1) is 10.2. The lowest BCUT2D eigenvalue weighted by atomic mass is 10.2. The van der Waals surface area contributed by atoms with Crippen LogP contribution in [-0.4, -0.2) is 15.9 Å². The van der Waals surface area contributed by atoms with E-state index in [4.69, 9.17) is 0 Å². The Labute approximate surface area is 121 Å². The second kappa shape index (κ2) is 5.50. The zero-order valence-electron chi connectivity index (χ0n) is 11.3. The van der Waals surface area contributed by atoms with Gasteiger partial charge >= 0.3 is 0 Å². The molecular formula is C16H14N4O. The number of hydrogen-bond donors (Lipinski definition) is 3. The third-order valence-corrected chi connectivity index (χ3v) is 3.00. The summed E-state index contributed by atoms with van der Waals surface area (Å²) in [5.41, 5.74) is 2.37. The molecule has 1 amide bonds. The first-order valence-electron chi connectivity index (χ1n) is 6.49. The fourth-order valence-electron chi connectivity index (χ4n) is 2.02. The Morgan fingerprint density at radius 1 is 1.19 bits per heavy atom. The number of anilines is 3. The molecule has 0 aliphatic rings. The number of hydrogen-bond acceptors (Lipinski definition) is 3. The number of rotatable bonds is 4. The van der Waals surface area contributed by atoms with E-state index in [0.717, 1.165) is 22.5 Å². The lowest BCUT2D eigenvalue weighted by molar-refractivity contribution is -0.111. The van der Waals surface area contributed by atoms with Crippen molar-refractivity contribution in [2.75, 3.05) is 10.6 Å². The normalized spacial score (nSPS) is 10.3. The molecule has 2 aromatic heterocycles. The van der Waals surface area contributed by atoms with Crippen LogP contribution in [0.2, 0.25) is 0 Å². The molecule has 0 radical (unpaired) electrons. The SMILES string of the molecule is C=CC(=O)Nc1cccc(Nc2ccc3cc[nH]c3n2)c1. The Bertz CT molecular complexity index is 807. The van der Waals surface area contributed by atoms with E-state index in [2.05, 4.69) is 27.2 Å². The monoisotopic (exact) mass is 278 g/mol. The Hall–Kier alpha value is -3.08. The summed E-state index contributed by atoms with van der Waals surface area (Å²) in [5.74, 6) is 0.496. The number of nitrogens with one attached hydrogen (secondary N) is 3. The van der Waals surface area contributed by atoms with Gasteiger partial charge in [-0.3, -0.25) is 4.79 Å². The molecule has 0 unspecified atom stereocenters. The molecule has 0 atom stereocenters. The van der Waals surface area contributed by atoms with Gasteiger partial charge in [-0.15, -0.1) is 0 Å². The minimum Gasteiger partial charge on any atom is -0.346 e. The zero-order chi connectivity index (χ0) is 14.7. The molecule has 3 rings (SSSR count). The van der Waals surface area contributed by atoms with Gasteiger partial charge in [0.05, 0.1) is 0 Å². The molecule has 0 aliphatic heterocycles. The number of nitrogens with zero attached hydrogens (tertiary/aromatic N) is 1. The summed E-state index contributed by atoms with van der Waals surface area (Å²) in [6.07, 6.45) is 3.09. The van der Waals surface area contributed by atoms with Crippen molar-refractivity contribution in [2.45, 2.75) is 0 Å². The van der Waals surface area contributed by atoms with Crippen LogP contribution >= 0.6 is 0 Å². The van der Waals surface area contributed by atoms with Crippen molar-refractivity contribution < 1.29 is 4.79 Å². The van der Waals surface area contributed by atoms with Crippen LogP contribution in [0.25, 0.3) is 11.0 Å². The molecule has 5 nitrogen and oxygen atoms in total. The molecular weight excluding hydrogens is 264 g/mol. The standard InChI is InChI=1S/C16H14N4O/c1-2-15(21)19-13-5-3-4-12(10-13)18-14-7-6-11-8-9-17-16(11)20-14/h2-10H,1H2,(H,19,21)(H2,17,18,20). The van der Waals surface area contributed by atoms with Crippen LogP contribution < -0.4 is 10.6 Å². The highest BCUT2D eigenvalue weighted by Crippen LogP contribution is 2.20. The first-order valence-corrected chi connectivity index (χ1v) is 6.49. The van der Waals surface area contributed by atoms with E-state index in [0.29, 0.717) is 5.69 Å². The average Bonchev–Trinajstić information content (AvgIpc) is 2.95. The van der Waals surface area contributed by atoms with Crippen molar-refractivity contribution in [3.8, 4) is 0 Å². The first kappa shape index (κ1) is 12.9. The molecule has 1 aromatic carbocycles. The molecule has 0 spiro atoms. The van der Waals surface area contributed by atoms with Crippen molar-refractivity contribution in [3.05, 3.63) is 61.3 Å². The van der Waals surface area contributed by atoms with E-state index < -0.39 is 0 Å². The zero-order valence-corrected chi connectivity index (χ0v) is 11.3. The number of fused-ring (bicyclic) bond motifs is 1. The molecule has 0 aliphatic carbocycles. The maximum absolute atomic E-state index is 11.3. The van der Waals surface area contributed by atoms with Crippen LogP contribution in [0.15, 0.2) is 61.3 Å². The minimum absolute atomic E-state index is 0.238. The predicted molar refractivity (Wildman–Crippen MR) is 84.6 cm³/mol. The molecule has 0 saturated heterocycles. The van der Waals surface area contributed by atoms with Crippen LogP contribution in [0.1, 0.15) is 0 Å². The Balaban J connectivity index is 1.81. The molecule has 0 saturated carbocycles. The quantitative estimate of drug-likeness (QED) is 0.640. The van der Waals surface area contributed by atoms with E-state index in [9.17, 15) is 4.79 Å². The van der Waals surface area contributed by atoms with Crippen molar-refractivity contribution >= 4 is 34.1 Å². The fraction of sp³-hybridized carbons (Fsp3) is 0. The van der Waals surface area contributed by atoms with E-state index in [-0.39, 0.29) is 5.91 Å². The van der Waals surface area contributed by atoms with Gasteiger partial charge in [-0.1, -0.05) is 12.6 Å². The number of benzene rings is 1. The third-order valence-electron chi connectivity index (χ3n) is 3.00. The number of H-pyrrole nitrogens is 1. The Kier molecular flexibility index (Phi) is 3.39. The van der Waals surface area contributed by atoms with E-state index in [1.54, 1.807) is 0 Å². The largest absolute Gasteiger partial charge is 0.346 e. The number of amides is 1. The molecule has 104 valence electrons. The summed E-state index contributed by atoms with van der Waals surface area (Å²) in [5, 5.41) is 6.99.